The Bertz CT molecular complexity index is 418. The van der Waals surface area contributed by atoms with Gasteiger partial charge < -0.3 is 11.1 Å². The molecule has 0 bridgehead atoms. The minimum Gasteiger partial charge on any atom is -0.356 e. The van der Waals surface area contributed by atoms with Crippen LogP contribution in [0.25, 0.3) is 0 Å². The highest BCUT2D eigenvalue weighted by molar-refractivity contribution is 6.30. The number of rotatable bonds is 8. The highest BCUT2D eigenvalue weighted by Crippen LogP contribution is 2.11. The zero-order chi connectivity index (χ0) is 14.1. The van der Waals surface area contributed by atoms with E-state index in [4.69, 9.17) is 17.3 Å². The lowest BCUT2D eigenvalue weighted by atomic mass is 10.1. The molecular formula is C14H19ClN2O2. The summed E-state index contributed by atoms with van der Waals surface area (Å²) in [6.45, 7) is 1.25. The molecule has 5 heteroatoms. The monoisotopic (exact) mass is 282 g/mol. The third kappa shape index (κ3) is 6.36. The Labute approximate surface area is 118 Å². The smallest absolute Gasteiger partial charge is 0.220 e. The van der Waals surface area contributed by atoms with Crippen molar-refractivity contribution >= 4 is 23.3 Å². The van der Waals surface area contributed by atoms with Crippen LogP contribution in [0.2, 0.25) is 5.02 Å². The van der Waals surface area contributed by atoms with Gasteiger partial charge in [-0.3, -0.25) is 9.59 Å². The molecule has 1 amide bonds. The van der Waals surface area contributed by atoms with E-state index in [1.54, 1.807) is 24.3 Å². The van der Waals surface area contributed by atoms with Crippen molar-refractivity contribution in [2.75, 3.05) is 13.1 Å². The van der Waals surface area contributed by atoms with Crippen molar-refractivity contribution in [3.05, 3.63) is 34.9 Å². The van der Waals surface area contributed by atoms with Crippen LogP contribution in [0.4, 0.5) is 0 Å². The number of amides is 1. The Morgan fingerprint density at radius 3 is 2.42 bits per heavy atom. The van der Waals surface area contributed by atoms with Gasteiger partial charge in [-0.25, -0.2) is 0 Å². The van der Waals surface area contributed by atoms with E-state index in [1.807, 2.05) is 0 Å². The molecule has 0 aliphatic heterocycles. The SMILES string of the molecule is NCCCCNC(=O)CCC(=O)c1ccc(Cl)cc1. The molecule has 0 aromatic heterocycles. The van der Waals surface area contributed by atoms with Crippen LogP contribution in [0.15, 0.2) is 24.3 Å². The van der Waals surface area contributed by atoms with Gasteiger partial charge >= 0.3 is 0 Å². The van der Waals surface area contributed by atoms with E-state index in [9.17, 15) is 9.59 Å². The number of benzene rings is 1. The lowest BCUT2D eigenvalue weighted by Gasteiger charge is -2.04. The van der Waals surface area contributed by atoms with Crippen molar-refractivity contribution in [2.24, 2.45) is 5.73 Å². The third-order valence-electron chi connectivity index (χ3n) is 2.70. The molecule has 19 heavy (non-hydrogen) atoms. The van der Waals surface area contributed by atoms with Gasteiger partial charge in [0.2, 0.25) is 5.91 Å². The fraction of sp³-hybridized carbons (Fsp3) is 0.429. The summed E-state index contributed by atoms with van der Waals surface area (Å²) < 4.78 is 0. The van der Waals surface area contributed by atoms with Gasteiger partial charge in [-0.05, 0) is 43.7 Å². The number of halogens is 1. The van der Waals surface area contributed by atoms with Crippen molar-refractivity contribution in [2.45, 2.75) is 25.7 Å². The van der Waals surface area contributed by atoms with Crippen LogP contribution >= 0.6 is 11.6 Å². The second-order valence-corrected chi connectivity index (χ2v) is 4.71. The summed E-state index contributed by atoms with van der Waals surface area (Å²) in [5.41, 5.74) is 5.94. The molecule has 1 rings (SSSR count). The van der Waals surface area contributed by atoms with E-state index < -0.39 is 0 Å². The summed E-state index contributed by atoms with van der Waals surface area (Å²) in [7, 11) is 0. The zero-order valence-corrected chi connectivity index (χ0v) is 11.6. The van der Waals surface area contributed by atoms with Crippen LogP contribution in [0.5, 0.6) is 0 Å². The molecule has 0 saturated carbocycles. The average Bonchev–Trinajstić information content (AvgIpc) is 2.42. The topological polar surface area (TPSA) is 72.2 Å². The molecule has 0 fully saturated rings. The van der Waals surface area contributed by atoms with E-state index in [0.29, 0.717) is 23.7 Å². The molecule has 1 aromatic rings. The second-order valence-electron chi connectivity index (χ2n) is 4.28. The average molecular weight is 283 g/mol. The summed E-state index contributed by atoms with van der Waals surface area (Å²) in [5, 5.41) is 3.36. The maximum Gasteiger partial charge on any atom is 0.220 e. The van der Waals surface area contributed by atoms with Gasteiger partial charge in [0.1, 0.15) is 0 Å². The minimum atomic E-state index is -0.0978. The Morgan fingerprint density at radius 2 is 1.79 bits per heavy atom. The molecule has 104 valence electrons. The highest BCUT2D eigenvalue weighted by Gasteiger charge is 2.08. The fourth-order valence-electron chi connectivity index (χ4n) is 1.59. The number of hydrogen-bond acceptors (Lipinski definition) is 3. The number of nitrogens with two attached hydrogens (primary N) is 1. The number of nitrogens with one attached hydrogen (secondary N) is 1. The van der Waals surface area contributed by atoms with Gasteiger partial charge in [0.15, 0.2) is 5.78 Å². The molecule has 0 radical (unpaired) electrons. The lowest BCUT2D eigenvalue weighted by molar-refractivity contribution is -0.121. The van der Waals surface area contributed by atoms with E-state index in [-0.39, 0.29) is 24.5 Å². The number of unbranched alkanes of at least 4 members (excludes halogenated alkanes) is 1. The normalized spacial score (nSPS) is 10.2. The first-order valence-electron chi connectivity index (χ1n) is 6.39. The largest absolute Gasteiger partial charge is 0.356 e. The molecule has 3 N–H and O–H groups in total. The molecule has 0 spiro atoms. The fourth-order valence-corrected chi connectivity index (χ4v) is 1.72. The second kappa shape index (κ2) is 8.67. The first-order chi connectivity index (χ1) is 9.13. The summed E-state index contributed by atoms with van der Waals surface area (Å²) in [6.07, 6.45) is 2.19. The molecule has 0 saturated heterocycles. The number of ketones is 1. The van der Waals surface area contributed by atoms with Gasteiger partial charge in [0.25, 0.3) is 0 Å². The first kappa shape index (κ1) is 15.7. The van der Waals surface area contributed by atoms with Crippen LogP contribution in [-0.4, -0.2) is 24.8 Å². The summed E-state index contributed by atoms with van der Waals surface area (Å²) in [5.74, 6) is -0.145. The van der Waals surface area contributed by atoms with Crippen molar-refractivity contribution < 1.29 is 9.59 Å². The number of hydrogen-bond donors (Lipinski definition) is 2. The Balaban J connectivity index is 2.26. The molecule has 0 atom stereocenters. The van der Waals surface area contributed by atoms with E-state index in [1.165, 1.54) is 0 Å². The number of carbonyl (C=O) groups excluding carboxylic acids is 2. The Kier molecular flexibility index (Phi) is 7.15. The molecule has 0 heterocycles. The summed E-state index contributed by atoms with van der Waals surface area (Å²) in [4.78, 5) is 23.3. The molecular weight excluding hydrogens is 264 g/mol. The highest BCUT2D eigenvalue weighted by atomic mass is 35.5. The van der Waals surface area contributed by atoms with Crippen LogP contribution in [0, 0.1) is 0 Å². The van der Waals surface area contributed by atoms with Crippen molar-refractivity contribution in [3.63, 3.8) is 0 Å². The van der Waals surface area contributed by atoms with Crippen LogP contribution in [-0.2, 0) is 4.79 Å². The lowest BCUT2D eigenvalue weighted by Crippen LogP contribution is -2.25. The van der Waals surface area contributed by atoms with Crippen molar-refractivity contribution in [1.82, 2.24) is 5.32 Å². The number of carbonyl (C=O) groups is 2. The molecule has 1 aromatic carbocycles. The summed E-state index contributed by atoms with van der Waals surface area (Å²) >= 11 is 5.74. The third-order valence-corrected chi connectivity index (χ3v) is 2.95. The van der Waals surface area contributed by atoms with Crippen LogP contribution in [0.3, 0.4) is 0 Å². The van der Waals surface area contributed by atoms with Crippen LogP contribution < -0.4 is 11.1 Å². The molecule has 0 unspecified atom stereocenters. The first-order valence-corrected chi connectivity index (χ1v) is 6.77. The van der Waals surface area contributed by atoms with Crippen molar-refractivity contribution in [1.29, 1.82) is 0 Å². The minimum absolute atomic E-state index is 0.0474. The maximum atomic E-state index is 11.8. The summed E-state index contributed by atoms with van der Waals surface area (Å²) in [6, 6.07) is 6.68. The van der Waals surface area contributed by atoms with E-state index in [0.717, 1.165) is 12.8 Å². The van der Waals surface area contributed by atoms with E-state index in [2.05, 4.69) is 5.32 Å². The van der Waals surface area contributed by atoms with Gasteiger partial charge in [-0.1, -0.05) is 11.6 Å². The molecule has 4 nitrogen and oxygen atoms in total. The van der Waals surface area contributed by atoms with Gasteiger partial charge in [0.05, 0.1) is 0 Å². The predicted octanol–water partition coefficient (Wildman–Crippen LogP) is 2.16. The molecule has 0 aliphatic carbocycles. The van der Waals surface area contributed by atoms with Gasteiger partial charge in [0, 0.05) is 30.0 Å². The zero-order valence-electron chi connectivity index (χ0n) is 10.8. The quantitative estimate of drug-likeness (QED) is 0.567. The maximum absolute atomic E-state index is 11.8. The predicted molar refractivity (Wildman–Crippen MR) is 76.3 cm³/mol. The van der Waals surface area contributed by atoms with Crippen molar-refractivity contribution in [3.8, 4) is 0 Å². The number of Topliss-reactive ketones (excluding diaryl/α,β-unsaturated/α-hetero) is 1. The van der Waals surface area contributed by atoms with E-state index >= 15 is 0 Å². The Morgan fingerprint density at radius 1 is 1.11 bits per heavy atom. The van der Waals surface area contributed by atoms with Gasteiger partial charge in [-0.2, -0.15) is 0 Å². The van der Waals surface area contributed by atoms with Gasteiger partial charge in [-0.15, -0.1) is 0 Å². The molecule has 0 aliphatic rings. The Hall–Kier alpha value is -1.39. The van der Waals surface area contributed by atoms with Crippen LogP contribution in [0.1, 0.15) is 36.0 Å². The standard InChI is InChI=1S/C14H19ClN2O2/c15-12-5-3-11(4-6-12)13(18)7-8-14(19)17-10-2-1-9-16/h3-6H,1-2,7-10,16H2,(H,17,19).